The summed E-state index contributed by atoms with van der Waals surface area (Å²) in [6, 6.07) is 0. The Bertz CT molecular complexity index is 302. The molecule has 2 rings (SSSR count). The molecule has 2 heterocycles. The summed E-state index contributed by atoms with van der Waals surface area (Å²) in [5.41, 5.74) is 0. The average molecular weight is 283 g/mol. The lowest BCUT2D eigenvalue weighted by atomic mass is 10.2. The number of fused-ring (bicyclic) bond motifs is 1. The highest BCUT2D eigenvalue weighted by Gasteiger charge is 2.46. The molecule has 0 N–H and O–H groups in total. The molecule has 10 heteroatoms. The summed E-state index contributed by atoms with van der Waals surface area (Å²) in [5, 5.41) is 0. The smallest absolute Gasteiger partial charge is 0.294 e. The second-order valence-electron chi connectivity index (χ2n) is 2.74. The second-order valence-corrected chi connectivity index (χ2v) is 7.89. The van der Waals surface area contributed by atoms with Crippen LogP contribution in [0.4, 0.5) is 0 Å². The Morgan fingerprint density at radius 1 is 0.929 bits per heavy atom. The van der Waals surface area contributed by atoms with E-state index in [9.17, 15) is 9.13 Å². The van der Waals surface area contributed by atoms with Crippen molar-refractivity contribution in [2.75, 3.05) is 13.2 Å². The monoisotopic (exact) mass is 282 g/mol. The van der Waals surface area contributed by atoms with E-state index in [0.717, 1.165) is 0 Å². The molecule has 0 spiro atoms. The Morgan fingerprint density at radius 3 is 1.64 bits per heavy atom. The van der Waals surface area contributed by atoms with Crippen LogP contribution in [-0.4, -0.2) is 25.4 Å². The third kappa shape index (κ3) is 2.52. The van der Waals surface area contributed by atoms with Crippen molar-refractivity contribution in [3.05, 3.63) is 0 Å². The molecular weight excluding hydrogens is 277 g/mol. The van der Waals surface area contributed by atoms with Gasteiger partial charge >= 0.3 is 13.9 Å². The first-order chi connectivity index (χ1) is 6.38. The Kier molecular flexibility index (Phi) is 3.02. The van der Waals surface area contributed by atoms with Gasteiger partial charge in [-0.1, -0.05) is 0 Å². The van der Waals surface area contributed by atoms with Crippen molar-refractivity contribution in [1.82, 2.24) is 0 Å². The lowest BCUT2D eigenvalue weighted by molar-refractivity contribution is -0.0687. The summed E-state index contributed by atoms with van der Waals surface area (Å²) in [6.45, 7) is -7.23. The summed E-state index contributed by atoms with van der Waals surface area (Å²) in [4.78, 5) is 0. The van der Waals surface area contributed by atoms with Gasteiger partial charge in [0.1, 0.15) is 12.2 Å². The van der Waals surface area contributed by atoms with Crippen molar-refractivity contribution in [3.8, 4) is 0 Å². The molecule has 0 amide bonds. The number of hydrogen-bond acceptors (Lipinski definition) is 6. The Labute approximate surface area is 89.4 Å². The van der Waals surface area contributed by atoms with Crippen molar-refractivity contribution in [1.29, 1.82) is 0 Å². The fraction of sp³-hybridized carbons (Fsp3) is 1.00. The van der Waals surface area contributed by atoms with Crippen molar-refractivity contribution in [2.24, 2.45) is 0 Å². The van der Waals surface area contributed by atoms with Crippen LogP contribution in [0.15, 0.2) is 0 Å². The first-order valence-corrected chi connectivity index (χ1v) is 8.53. The van der Waals surface area contributed by atoms with Crippen LogP contribution in [0.3, 0.4) is 0 Å². The van der Waals surface area contributed by atoms with Crippen LogP contribution in [0, 0.1) is 0 Å². The van der Waals surface area contributed by atoms with Crippen LogP contribution in [0.5, 0.6) is 0 Å². The van der Waals surface area contributed by atoms with Gasteiger partial charge in [-0.2, -0.15) is 0 Å². The fourth-order valence-electron chi connectivity index (χ4n) is 1.12. The highest BCUT2D eigenvalue weighted by molar-refractivity contribution is 7.81. The molecule has 0 aromatic carbocycles. The molecule has 0 aromatic rings. The second kappa shape index (κ2) is 3.72. The van der Waals surface area contributed by atoms with Crippen LogP contribution < -0.4 is 0 Å². The van der Waals surface area contributed by atoms with Crippen LogP contribution in [0.25, 0.3) is 0 Å². The largest absolute Gasteiger partial charge is 0.424 e. The minimum absolute atomic E-state index is 0.0779. The lowest BCUT2D eigenvalue weighted by Gasteiger charge is -2.37. The Morgan fingerprint density at radius 2 is 1.29 bits per heavy atom. The van der Waals surface area contributed by atoms with Crippen molar-refractivity contribution in [2.45, 2.75) is 12.2 Å². The summed E-state index contributed by atoms with van der Waals surface area (Å²) in [6.07, 6.45) is -1.32. The van der Waals surface area contributed by atoms with Crippen molar-refractivity contribution >= 4 is 36.4 Å². The van der Waals surface area contributed by atoms with Gasteiger partial charge in [-0.15, -0.1) is 0 Å². The highest BCUT2D eigenvalue weighted by atomic mass is 35.7. The van der Waals surface area contributed by atoms with Crippen LogP contribution in [0.1, 0.15) is 0 Å². The van der Waals surface area contributed by atoms with Crippen molar-refractivity contribution < 1.29 is 27.2 Å². The molecule has 0 aromatic heterocycles. The molecule has 4 unspecified atom stereocenters. The van der Waals surface area contributed by atoms with Gasteiger partial charge < -0.3 is 0 Å². The van der Waals surface area contributed by atoms with Crippen molar-refractivity contribution in [3.63, 3.8) is 0 Å². The fourth-order valence-corrected chi connectivity index (χ4v) is 3.88. The zero-order chi connectivity index (χ0) is 10.4. The number of halogens is 2. The number of hydrogen-bond donors (Lipinski definition) is 0. The Hall–Kier alpha value is 0.880. The molecule has 2 fully saturated rings. The third-order valence-electron chi connectivity index (χ3n) is 1.72. The van der Waals surface area contributed by atoms with E-state index in [1.807, 2.05) is 0 Å². The van der Waals surface area contributed by atoms with E-state index in [1.54, 1.807) is 0 Å². The summed E-state index contributed by atoms with van der Waals surface area (Å²) in [7, 11) is 0. The molecule has 0 aliphatic carbocycles. The minimum atomic E-state index is -3.54. The predicted octanol–water partition coefficient (Wildman–Crippen LogP) is 2.51. The molecule has 0 saturated carbocycles. The third-order valence-corrected chi connectivity index (χ3v) is 4.75. The molecule has 2 aliphatic heterocycles. The SMILES string of the molecule is O=P1(Cl)OCC2OP(=O)(Cl)OCC2O1. The quantitative estimate of drug-likeness (QED) is 0.636. The average Bonchev–Trinajstić information content (AvgIpc) is 2.04. The topological polar surface area (TPSA) is 71.1 Å². The van der Waals surface area contributed by atoms with Gasteiger partial charge in [-0.3, -0.25) is 18.1 Å². The first-order valence-electron chi connectivity index (χ1n) is 3.63. The van der Waals surface area contributed by atoms with Gasteiger partial charge in [0.25, 0.3) is 0 Å². The molecule has 0 bridgehead atoms. The highest BCUT2D eigenvalue weighted by Crippen LogP contribution is 2.63. The van der Waals surface area contributed by atoms with Gasteiger partial charge in [0.05, 0.1) is 13.2 Å². The zero-order valence-electron chi connectivity index (χ0n) is 6.67. The first kappa shape index (κ1) is 11.4. The molecule has 82 valence electrons. The van der Waals surface area contributed by atoms with E-state index in [0.29, 0.717) is 0 Å². The van der Waals surface area contributed by atoms with E-state index in [2.05, 4.69) is 9.05 Å². The molecule has 4 atom stereocenters. The van der Waals surface area contributed by atoms with E-state index >= 15 is 0 Å². The maximum absolute atomic E-state index is 11.2. The number of rotatable bonds is 0. The van der Waals surface area contributed by atoms with Gasteiger partial charge in [0, 0.05) is 22.5 Å². The van der Waals surface area contributed by atoms with E-state index in [4.69, 9.17) is 31.5 Å². The van der Waals surface area contributed by atoms with Gasteiger partial charge in [-0.05, 0) is 0 Å². The molecule has 6 nitrogen and oxygen atoms in total. The maximum atomic E-state index is 11.2. The van der Waals surface area contributed by atoms with E-state index < -0.39 is 26.1 Å². The van der Waals surface area contributed by atoms with E-state index in [1.165, 1.54) is 0 Å². The van der Waals surface area contributed by atoms with E-state index in [-0.39, 0.29) is 13.2 Å². The standard InChI is InChI=1S/C4H6Cl2O6P2/c5-13(7)9-1-3-4(12-13)2-10-14(6,8)11-3/h3-4H,1-2H2. The molecule has 2 saturated heterocycles. The summed E-state index contributed by atoms with van der Waals surface area (Å²) < 4.78 is 41.3. The van der Waals surface area contributed by atoms with Crippen LogP contribution in [-0.2, 0) is 27.2 Å². The summed E-state index contributed by atoms with van der Waals surface area (Å²) in [5.74, 6) is 0. The Balaban J connectivity index is 2.09. The van der Waals surface area contributed by atoms with Crippen LogP contribution in [0.2, 0.25) is 0 Å². The minimum Gasteiger partial charge on any atom is -0.294 e. The van der Waals surface area contributed by atoms with Gasteiger partial charge in [0.15, 0.2) is 0 Å². The maximum Gasteiger partial charge on any atom is 0.424 e. The van der Waals surface area contributed by atoms with Gasteiger partial charge in [-0.25, -0.2) is 9.13 Å². The predicted molar refractivity (Wildman–Crippen MR) is 48.6 cm³/mol. The van der Waals surface area contributed by atoms with Crippen LogP contribution >= 0.6 is 36.4 Å². The molecule has 14 heavy (non-hydrogen) atoms. The molecule has 0 radical (unpaired) electrons. The normalized spacial score (nSPS) is 53.9. The molecule has 2 aliphatic rings. The lowest BCUT2D eigenvalue weighted by Crippen LogP contribution is -2.43. The van der Waals surface area contributed by atoms with Gasteiger partial charge in [0.2, 0.25) is 0 Å². The zero-order valence-corrected chi connectivity index (χ0v) is 9.97. The molecular formula is C4H6Cl2O6P2. The summed E-state index contributed by atoms with van der Waals surface area (Å²) >= 11 is 10.7.